The Morgan fingerprint density at radius 1 is 1.50 bits per heavy atom. The van der Waals surface area contributed by atoms with E-state index in [0.717, 1.165) is 18.1 Å². The minimum absolute atomic E-state index is 0.747. The molecule has 1 N–H and O–H groups in total. The molecule has 2 heterocycles. The standard InChI is InChI=1S/C8H16N2/c1-6(2)10-4-3-7-8(10)5-9-7/h6-9H,3-5H2,1-2H3. The quantitative estimate of drug-likeness (QED) is 0.568. The van der Waals surface area contributed by atoms with E-state index in [1.165, 1.54) is 19.5 Å². The highest BCUT2D eigenvalue weighted by atomic mass is 15.3. The normalized spacial score (nSPS) is 39.9. The maximum absolute atomic E-state index is 3.45. The molecule has 0 aliphatic carbocycles. The van der Waals surface area contributed by atoms with Gasteiger partial charge >= 0.3 is 0 Å². The summed E-state index contributed by atoms with van der Waals surface area (Å²) in [5, 5.41) is 3.45. The molecule has 2 fully saturated rings. The molecule has 10 heavy (non-hydrogen) atoms. The first kappa shape index (κ1) is 6.62. The molecule has 2 saturated heterocycles. The average molecular weight is 140 g/mol. The Balaban J connectivity index is 1.99. The van der Waals surface area contributed by atoms with Crippen LogP contribution in [0, 0.1) is 0 Å². The predicted octanol–water partition coefficient (Wildman–Crippen LogP) is 0.441. The van der Waals surface area contributed by atoms with Gasteiger partial charge in [0.25, 0.3) is 0 Å². The summed E-state index contributed by atoms with van der Waals surface area (Å²) in [7, 11) is 0. The van der Waals surface area contributed by atoms with Gasteiger partial charge in [0.1, 0.15) is 0 Å². The number of likely N-dealkylation sites (tertiary alicyclic amines) is 1. The highest BCUT2D eigenvalue weighted by Crippen LogP contribution is 2.25. The summed E-state index contributed by atoms with van der Waals surface area (Å²) in [6.45, 7) is 7.12. The van der Waals surface area contributed by atoms with Crippen molar-refractivity contribution in [1.82, 2.24) is 10.2 Å². The predicted molar refractivity (Wildman–Crippen MR) is 42.0 cm³/mol. The molecule has 2 aliphatic rings. The summed E-state index contributed by atoms with van der Waals surface area (Å²) >= 11 is 0. The van der Waals surface area contributed by atoms with Crippen molar-refractivity contribution in [2.45, 2.75) is 38.4 Å². The first-order valence-electron chi connectivity index (χ1n) is 4.28. The minimum atomic E-state index is 0.747. The zero-order valence-corrected chi connectivity index (χ0v) is 6.80. The molecule has 2 heteroatoms. The number of hydrogen-bond donors (Lipinski definition) is 1. The maximum Gasteiger partial charge on any atom is 0.0377 e. The van der Waals surface area contributed by atoms with Crippen LogP contribution in [0.3, 0.4) is 0 Å². The molecule has 0 aromatic carbocycles. The Morgan fingerprint density at radius 3 is 2.60 bits per heavy atom. The molecule has 0 radical (unpaired) electrons. The van der Waals surface area contributed by atoms with Crippen LogP contribution in [0.4, 0.5) is 0 Å². The zero-order valence-electron chi connectivity index (χ0n) is 6.80. The van der Waals surface area contributed by atoms with Crippen LogP contribution in [0.2, 0.25) is 0 Å². The Labute approximate surface area is 62.6 Å². The van der Waals surface area contributed by atoms with Crippen molar-refractivity contribution in [3.05, 3.63) is 0 Å². The highest BCUT2D eigenvalue weighted by molar-refractivity contribution is 5.01. The number of nitrogens with one attached hydrogen (secondary N) is 1. The molecule has 0 amide bonds. The third kappa shape index (κ3) is 0.789. The van der Waals surface area contributed by atoms with Crippen LogP contribution in [0.25, 0.3) is 0 Å². The summed E-state index contributed by atoms with van der Waals surface area (Å²) in [5.74, 6) is 0. The van der Waals surface area contributed by atoms with E-state index in [4.69, 9.17) is 0 Å². The van der Waals surface area contributed by atoms with Crippen LogP contribution in [0.5, 0.6) is 0 Å². The van der Waals surface area contributed by atoms with Gasteiger partial charge in [-0.1, -0.05) is 0 Å². The van der Waals surface area contributed by atoms with Crippen LogP contribution in [0.15, 0.2) is 0 Å². The molecular formula is C8H16N2. The maximum atomic E-state index is 3.45. The van der Waals surface area contributed by atoms with Crippen LogP contribution < -0.4 is 5.32 Å². The van der Waals surface area contributed by atoms with Gasteiger partial charge < -0.3 is 5.32 Å². The average Bonchev–Trinajstić information content (AvgIpc) is 2.07. The Hall–Kier alpha value is -0.0800. The lowest BCUT2D eigenvalue weighted by Gasteiger charge is -2.39. The van der Waals surface area contributed by atoms with E-state index in [0.29, 0.717) is 0 Å². The van der Waals surface area contributed by atoms with Gasteiger partial charge in [0.05, 0.1) is 0 Å². The third-order valence-electron chi connectivity index (χ3n) is 2.84. The van der Waals surface area contributed by atoms with Gasteiger partial charge in [-0.05, 0) is 20.3 Å². The van der Waals surface area contributed by atoms with Gasteiger partial charge in [-0.3, -0.25) is 4.90 Å². The molecule has 2 nitrogen and oxygen atoms in total. The van der Waals surface area contributed by atoms with E-state index in [1.807, 2.05) is 0 Å². The minimum Gasteiger partial charge on any atom is -0.311 e. The van der Waals surface area contributed by atoms with Gasteiger partial charge in [0.2, 0.25) is 0 Å². The summed E-state index contributed by atoms with van der Waals surface area (Å²) in [4.78, 5) is 2.61. The first-order chi connectivity index (χ1) is 4.79. The number of fused-ring (bicyclic) bond motifs is 1. The molecule has 0 aromatic heterocycles. The number of rotatable bonds is 1. The lowest BCUT2D eigenvalue weighted by Crippen LogP contribution is -2.60. The smallest absolute Gasteiger partial charge is 0.0377 e. The molecule has 0 spiro atoms. The SMILES string of the molecule is CC(C)N1CCC2NCC21. The monoisotopic (exact) mass is 140 g/mol. The van der Waals surface area contributed by atoms with Crippen LogP contribution in [-0.2, 0) is 0 Å². The van der Waals surface area contributed by atoms with Gasteiger partial charge in [0.15, 0.2) is 0 Å². The second kappa shape index (κ2) is 2.21. The van der Waals surface area contributed by atoms with Crippen molar-refractivity contribution in [2.24, 2.45) is 0 Å². The number of nitrogens with zero attached hydrogens (tertiary/aromatic N) is 1. The number of hydrogen-bond acceptors (Lipinski definition) is 2. The van der Waals surface area contributed by atoms with E-state index >= 15 is 0 Å². The first-order valence-corrected chi connectivity index (χ1v) is 4.28. The molecular weight excluding hydrogens is 124 g/mol. The van der Waals surface area contributed by atoms with Gasteiger partial charge in [-0.2, -0.15) is 0 Å². The fourth-order valence-electron chi connectivity index (χ4n) is 2.13. The lowest BCUT2D eigenvalue weighted by atomic mass is 10.0. The molecule has 0 bridgehead atoms. The summed E-state index contributed by atoms with van der Waals surface area (Å²) < 4.78 is 0. The summed E-state index contributed by atoms with van der Waals surface area (Å²) in [6, 6.07) is 2.46. The Bertz CT molecular complexity index is 133. The topological polar surface area (TPSA) is 15.3 Å². The Kier molecular flexibility index (Phi) is 1.46. The van der Waals surface area contributed by atoms with Crippen molar-refractivity contribution in [3.63, 3.8) is 0 Å². The van der Waals surface area contributed by atoms with Crippen molar-refractivity contribution in [2.75, 3.05) is 13.1 Å². The van der Waals surface area contributed by atoms with Crippen molar-refractivity contribution in [3.8, 4) is 0 Å². The molecule has 2 unspecified atom stereocenters. The second-order valence-corrected chi connectivity index (χ2v) is 3.70. The van der Waals surface area contributed by atoms with Crippen molar-refractivity contribution in [1.29, 1.82) is 0 Å². The molecule has 2 aliphatic heterocycles. The molecule has 2 atom stereocenters. The van der Waals surface area contributed by atoms with E-state index in [9.17, 15) is 0 Å². The third-order valence-corrected chi connectivity index (χ3v) is 2.84. The van der Waals surface area contributed by atoms with Gasteiger partial charge in [-0.25, -0.2) is 0 Å². The summed E-state index contributed by atoms with van der Waals surface area (Å²) in [5.41, 5.74) is 0. The van der Waals surface area contributed by atoms with Gasteiger partial charge in [0, 0.05) is 31.2 Å². The zero-order chi connectivity index (χ0) is 7.14. The highest BCUT2D eigenvalue weighted by Gasteiger charge is 2.41. The van der Waals surface area contributed by atoms with E-state index in [2.05, 4.69) is 24.1 Å². The van der Waals surface area contributed by atoms with Crippen LogP contribution >= 0.6 is 0 Å². The van der Waals surface area contributed by atoms with E-state index < -0.39 is 0 Å². The van der Waals surface area contributed by atoms with Crippen molar-refractivity contribution >= 4 is 0 Å². The van der Waals surface area contributed by atoms with E-state index in [-0.39, 0.29) is 0 Å². The lowest BCUT2D eigenvalue weighted by molar-refractivity contribution is 0.141. The Morgan fingerprint density at radius 2 is 2.30 bits per heavy atom. The second-order valence-electron chi connectivity index (χ2n) is 3.70. The van der Waals surface area contributed by atoms with Crippen LogP contribution in [0.1, 0.15) is 20.3 Å². The largest absolute Gasteiger partial charge is 0.311 e. The van der Waals surface area contributed by atoms with Gasteiger partial charge in [-0.15, -0.1) is 0 Å². The fourth-order valence-corrected chi connectivity index (χ4v) is 2.13. The van der Waals surface area contributed by atoms with Crippen LogP contribution in [-0.4, -0.2) is 36.1 Å². The molecule has 2 rings (SSSR count). The molecule has 0 saturated carbocycles. The molecule has 58 valence electrons. The fraction of sp³-hybridized carbons (Fsp3) is 1.00. The molecule has 0 aromatic rings. The summed E-state index contributed by atoms with van der Waals surface area (Å²) in [6.07, 6.45) is 1.36. The van der Waals surface area contributed by atoms with E-state index in [1.54, 1.807) is 0 Å². The van der Waals surface area contributed by atoms with Crippen molar-refractivity contribution < 1.29 is 0 Å².